The van der Waals surface area contributed by atoms with Gasteiger partial charge in [0.1, 0.15) is 42.7 Å². The van der Waals surface area contributed by atoms with Crippen LogP contribution in [0.3, 0.4) is 0 Å². The molecule has 1 aromatic heterocycles. The van der Waals surface area contributed by atoms with Gasteiger partial charge in [0.2, 0.25) is 5.91 Å². The minimum absolute atomic E-state index is 0.723. The summed E-state index contributed by atoms with van der Waals surface area (Å²) in [5, 5.41) is 51.9. The molecular weight excluding hydrogens is 580 g/mol. The molecule has 22 heteroatoms. The fourth-order valence-corrected chi connectivity index (χ4v) is 5.92. The molecule has 2 fully saturated rings. The number of phosphoric ester groups is 2. The Labute approximate surface area is 217 Å². The van der Waals surface area contributed by atoms with Crippen molar-refractivity contribution >= 4 is 21.6 Å². The zero-order chi connectivity index (χ0) is 29.3. The molecule has 11 atom stereocenters. The lowest BCUT2D eigenvalue weighted by Gasteiger charge is -2.42. The van der Waals surface area contributed by atoms with Crippen LogP contribution in [0, 0.1) is 0 Å². The van der Waals surface area contributed by atoms with Crippen molar-refractivity contribution in [3.8, 4) is 0 Å². The quantitative estimate of drug-likeness (QED) is 0.113. The summed E-state index contributed by atoms with van der Waals surface area (Å²) >= 11 is 0. The van der Waals surface area contributed by atoms with Crippen LogP contribution < -0.4 is 16.6 Å². The molecule has 3 heterocycles. The lowest BCUT2D eigenvalue weighted by atomic mass is 9.97. The van der Waals surface area contributed by atoms with E-state index in [9.17, 15) is 58.8 Å². The van der Waals surface area contributed by atoms with Gasteiger partial charge in [0.15, 0.2) is 12.5 Å². The third kappa shape index (κ3) is 7.66. The van der Waals surface area contributed by atoms with Crippen LogP contribution in [-0.2, 0) is 36.8 Å². The number of rotatable bonds is 10. The number of hydrogen-bond acceptors (Lipinski definition) is 15. The van der Waals surface area contributed by atoms with Crippen LogP contribution in [0.25, 0.3) is 0 Å². The summed E-state index contributed by atoms with van der Waals surface area (Å²) < 4.78 is 49.2. The monoisotopic (exact) mass is 607 g/mol. The summed E-state index contributed by atoms with van der Waals surface area (Å²) in [5.74, 6) is -0.796. The van der Waals surface area contributed by atoms with E-state index >= 15 is 0 Å². The first-order valence-electron chi connectivity index (χ1n) is 11.0. The molecule has 2 aliphatic heterocycles. The van der Waals surface area contributed by atoms with E-state index in [1.54, 1.807) is 0 Å². The number of aromatic amines is 1. The summed E-state index contributed by atoms with van der Waals surface area (Å²) in [6, 6.07) is -0.766. The minimum Gasteiger partial charge on any atom is -0.394 e. The maximum absolute atomic E-state index is 12.4. The number of nitrogens with one attached hydrogen (secondary N) is 2. The van der Waals surface area contributed by atoms with Gasteiger partial charge in [-0.05, 0) is 0 Å². The predicted molar refractivity (Wildman–Crippen MR) is 120 cm³/mol. The van der Waals surface area contributed by atoms with Crippen LogP contribution in [-0.4, -0.2) is 113 Å². The summed E-state index contributed by atoms with van der Waals surface area (Å²) in [6.45, 7) is -0.940. The Morgan fingerprint density at radius 1 is 1.05 bits per heavy atom. The SMILES string of the molecule is CC(=O)N[C@H]1[C@@H](OP(=O)(O)OP(=O)(O)OC[C@@H]2O[C@H](n3ccc(=O)[nH]c3=O)[C@H](O)[C@H]2O)O[C@@H](CO)[C@@H](O)[C@@H]1O. The Kier molecular flexibility index (Phi) is 10.0. The standard InChI is InChI=1S/C17H27N3O17P2/c1-6(22)18-10-13(26)11(24)7(4-21)35-16(10)36-39(31,32)37-38(29,30)33-5-8-12(25)14(27)15(34-8)20-3-2-9(23)19-17(20)28/h2-3,7-8,10-16,21,24-27H,4-5H2,1H3,(H,18,22)(H,29,30)(H,31,32)(H,19,23,28)/t7-,8-,10+,11+,12-,13+,14+,15-,16+/m0/s1. The Bertz CT molecular complexity index is 1240. The first-order chi connectivity index (χ1) is 18.0. The van der Waals surface area contributed by atoms with Gasteiger partial charge in [-0.1, -0.05) is 0 Å². The van der Waals surface area contributed by atoms with Crippen molar-refractivity contribution in [2.75, 3.05) is 13.2 Å². The van der Waals surface area contributed by atoms with Crippen molar-refractivity contribution in [1.29, 1.82) is 0 Å². The first-order valence-corrected chi connectivity index (χ1v) is 14.0. The van der Waals surface area contributed by atoms with Crippen molar-refractivity contribution < 1.29 is 72.1 Å². The highest BCUT2D eigenvalue weighted by Crippen LogP contribution is 2.61. The largest absolute Gasteiger partial charge is 0.483 e. The molecular formula is C17H27N3O17P2. The van der Waals surface area contributed by atoms with E-state index in [1.165, 1.54) is 0 Å². The molecule has 0 aliphatic carbocycles. The molecule has 0 radical (unpaired) electrons. The third-order valence-corrected chi connectivity index (χ3v) is 8.16. The van der Waals surface area contributed by atoms with Crippen LogP contribution in [0.1, 0.15) is 13.2 Å². The summed E-state index contributed by atoms with van der Waals surface area (Å²) in [7, 11) is -11.1. The number of aromatic nitrogens is 2. The zero-order valence-corrected chi connectivity index (χ0v) is 21.6. The molecule has 2 unspecified atom stereocenters. The zero-order valence-electron chi connectivity index (χ0n) is 19.8. The van der Waals surface area contributed by atoms with E-state index in [0.717, 1.165) is 23.8 Å². The van der Waals surface area contributed by atoms with Crippen molar-refractivity contribution in [3.63, 3.8) is 0 Å². The van der Waals surface area contributed by atoms with Crippen molar-refractivity contribution in [2.45, 2.75) is 62.1 Å². The number of hydrogen-bond donors (Lipinski definition) is 9. The molecule has 222 valence electrons. The van der Waals surface area contributed by atoms with Crippen LogP contribution in [0.15, 0.2) is 21.9 Å². The highest BCUT2D eigenvalue weighted by Gasteiger charge is 2.50. The van der Waals surface area contributed by atoms with E-state index in [-0.39, 0.29) is 0 Å². The van der Waals surface area contributed by atoms with Gasteiger partial charge in [0.05, 0.1) is 13.2 Å². The highest BCUT2D eigenvalue weighted by atomic mass is 31.3. The number of H-pyrrole nitrogens is 1. The van der Waals surface area contributed by atoms with E-state index in [2.05, 4.69) is 18.7 Å². The molecule has 9 N–H and O–H groups in total. The van der Waals surface area contributed by atoms with E-state index in [1.807, 2.05) is 4.98 Å². The second kappa shape index (κ2) is 12.3. The van der Waals surface area contributed by atoms with Crippen molar-refractivity contribution in [2.24, 2.45) is 0 Å². The Hall–Kier alpha value is -1.87. The van der Waals surface area contributed by atoms with Gasteiger partial charge in [-0.2, -0.15) is 4.31 Å². The molecule has 1 amide bonds. The second-order valence-corrected chi connectivity index (χ2v) is 11.4. The van der Waals surface area contributed by atoms with E-state index < -0.39 is 101 Å². The average molecular weight is 607 g/mol. The maximum atomic E-state index is 12.4. The lowest BCUT2D eigenvalue weighted by molar-refractivity contribution is -0.247. The Balaban J connectivity index is 1.66. The molecule has 20 nitrogen and oxygen atoms in total. The van der Waals surface area contributed by atoms with Crippen LogP contribution in [0.5, 0.6) is 0 Å². The van der Waals surface area contributed by atoms with Crippen molar-refractivity contribution in [3.05, 3.63) is 33.1 Å². The number of carbonyl (C=O) groups is 1. The third-order valence-electron chi connectivity index (χ3n) is 5.56. The Morgan fingerprint density at radius 3 is 2.28 bits per heavy atom. The van der Waals surface area contributed by atoms with Gasteiger partial charge in [-0.15, -0.1) is 0 Å². The van der Waals surface area contributed by atoms with Gasteiger partial charge in [0, 0.05) is 19.2 Å². The summed E-state index contributed by atoms with van der Waals surface area (Å²) in [4.78, 5) is 56.4. The molecule has 3 rings (SSSR count). The average Bonchev–Trinajstić information content (AvgIpc) is 3.10. The highest BCUT2D eigenvalue weighted by molar-refractivity contribution is 7.61. The van der Waals surface area contributed by atoms with Crippen LogP contribution in [0.2, 0.25) is 0 Å². The van der Waals surface area contributed by atoms with Gasteiger partial charge in [0.25, 0.3) is 5.56 Å². The maximum Gasteiger partial charge on any atom is 0.483 e. The molecule has 0 aromatic carbocycles. The van der Waals surface area contributed by atoms with Gasteiger partial charge < -0.3 is 50.1 Å². The predicted octanol–water partition coefficient (Wildman–Crippen LogP) is -4.65. The smallest absolute Gasteiger partial charge is 0.394 e. The first kappa shape index (κ1) is 31.7. The second-order valence-electron chi connectivity index (χ2n) is 8.42. The number of phosphoric acid groups is 2. The van der Waals surface area contributed by atoms with Crippen LogP contribution in [0.4, 0.5) is 0 Å². The molecule has 0 spiro atoms. The summed E-state index contributed by atoms with van der Waals surface area (Å²) in [6.07, 6.45) is -13.0. The van der Waals surface area contributed by atoms with Crippen LogP contribution >= 0.6 is 15.6 Å². The number of aliphatic hydroxyl groups is 5. The fraction of sp³-hybridized carbons (Fsp3) is 0.706. The van der Waals surface area contributed by atoms with Gasteiger partial charge >= 0.3 is 21.3 Å². The number of amides is 1. The topological polar surface area (TPSA) is 306 Å². The molecule has 2 saturated heterocycles. The number of nitrogens with zero attached hydrogens (tertiary/aromatic N) is 1. The lowest BCUT2D eigenvalue weighted by Crippen LogP contribution is -2.64. The molecule has 1 aromatic rings. The minimum atomic E-state index is -5.63. The Morgan fingerprint density at radius 2 is 1.69 bits per heavy atom. The fourth-order valence-electron chi connectivity index (χ4n) is 3.76. The number of aliphatic hydroxyl groups excluding tert-OH is 5. The molecule has 39 heavy (non-hydrogen) atoms. The van der Waals surface area contributed by atoms with Crippen molar-refractivity contribution in [1.82, 2.24) is 14.9 Å². The van der Waals surface area contributed by atoms with E-state index in [0.29, 0.717) is 0 Å². The molecule has 0 bridgehead atoms. The molecule has 0 saturated carbocycles. The van der Waals surface area contributed by atoms with Gasteiger partial charge in [-0.25, -0.2) is 13.9 Å². The number of ether oxygens (including phenoxy) is 2. The number of carbonyl (C=O) groups excluding carboxylic acids is 1. The summed E-state index contributed by atoms with van der Waals surface area (Å²) in [5.41, 5.74) is -1.75. The van der Waals surface area contributed by atoms with Gasteiger partial charge in [-0.3, -0.25) is 28.2 Å². The van der Waals surface area contributed by atoms with E-state index in [4.69, 9.17) is 9.47 Å². The normalized spacial score (nSPS) is 36.2. The molecule has 2 aliphatic rings.